The number of imidazole rings is 1. The van der Waals surface area contributed by atoms with Crippen molar-refractivity contribution in [3.63, 3.8) is 0 Å². The van der Waals surface area contributed by atoms with E-state index < -0.39 is 0 Å². The fourth-order valence-electron chi connectivity index (χ4n) is 2.38. The molecule has 2 aromatic heterocycles. The summed E-state index contributed by atoms with van der Waals surface area (Å²) in [6, 6.07) is 5.75. The highest BCUT2D eigenvalue weighted by atomic mass is 35.5. The zero-order valence-electron chi connectivity index (χ0n) is 14.1. The third kappa shape index (κ3) is 5.15. The summed E-state index contributed by atoms with van der Waals surface area (Å²) in [4.78, 5) is 28.6. The molecule has 0 atom stereocenters. The van der Waals surface area contributed by atoms with Gasteiger partial charge < -0.3 is 10.6 Å². The monoisotopic (exact) mass is 406 g/mol. The van der Waals surface area contributed by atoms with Crippen molar-refractivity contribution in [1.82, 2.24) is 20.0 Å². The molecular weight excluding hydrogens is 391 g/mol. The number of hydrogen-bond acceptors (Lipinski definition) is 4. The first-order valence-electron chi connectivity index (χ1n) is 8.11. The predicted octanol–water partition coefficient (Wildman–Crippen LogP) is 2.68. The Labute approximate surface area is 163 Å². The van der Waals surface area contributed by atoms with Gasteiger partial charge in [-0.15, -0.1) is 11.3 Å². The van der Waals surface area contributed by atoms with Crippen LogP contribution in [-0.4, -0.2) is 34.3 Å². The Morgan fingerprint density at radius 1 is 1.22 bits per heavy atom. The highest BCUT2D eigenvalue weighted by Gasteiger charge is 2.08. The SMILES string of the molecule is O=C(/C=C/c1c(Cl)nc2sccn12)NCCNC(=O)Cc1ccc(F)cc1. The minimum atomic E-state index is -0.341. The second kappa shape index (κ2) is 8.79. The number of amides is 2. The van der Waals surface area contributed by atoms with E-state index in [4.69, 9.17) is 11.6 Å². The first kappa shape index (κ1) is 19.1. The summed E-state index contributed by atoms with van der Waals surface area (Å²) in [5.41, 5.74) is 1.36. The van der Waals surface area contributed by atoms with Crippen molar-refractivity contribution in [2.75, 3.05) is 13.1 Å². The Hall–Kier alpha value is -2.71. The van der Waals surface area contributed by atoms with Crippen LogP contribution in [0.2, 0.25) is 5.15 Å². The Balaban J connectivity index is 1.40. The summed E-state index contributed by atoms with van der Waals surface area (Å²) >= 11 is 7.50. The van der Waals surface area contributed by atoms with Gasteiger partial charge in [-0.05, 0) is 23.8 Å². The van der Waals surface area contributed by atoms with Crippen molar-refractivity contribution in [3.05, 3.63) is 64.1 Å². The Morgan fingerprint density at radius 2 is 1.96 bits per heavy atom. The molecule has 2 amide bonds. The number of rotatable bonds is 7. The zero-order valence-corrected chi connectivity index (χ0v) is 15.7. The molecule has 2 heterocycles. The maximum atomic E-state index is 12.8. The molecule has 2 N–H and O–H groups in total. The molecule has 0 unspecified atom stereocenters. The normalized spacial score (nSPS) is 11.2. The fourth-order valence-corrected chi connectivity index (χ4v) is 3.38. The molecule has 3 rings (SSSR count). The highest BCUT2D eigenvalue weighted by molar-refractivity contribution is 7.15. The first-order valence-corrected chi connectivity index (χ1v) is 9.37. The molecule has 0 spiro atoms. The lowest BCUT2D eigenvalue weighted by Crippen LogP contribution is -2.34. The van der Waals surface area contributed by atoms with Gasteiger partial charge in [-0.3, -0.25) is 14.0 Å². The molecule has 0 aliphatic heterocycles. The molecule has 0 bridgehead atoms. The molecule has 3 aromatic rings. The van der Waals surface area contributed by atoms with Gasteiger partial charge in [-0.25, -0.2) is 9.37 Å². The number of benzene rings is 1. The van der Waals surface area contributed by atoms with E-state index in [9.17, 15) is 14.0 Å². The van der Waals surface area contributed by atoms with E-state index >= 15 is 0 Å². The van der Waals surface area contributed by atoms with Gasteiger partial charge in [-0.1, -0.05) is 23.7 Å². The average Bonchev–Trinajstić information content (AvgIpc) is 3.20. The summed E-state index contributed by atoms with van der Waals surface area (Å²) in [5, 5.41) is 7.58. The second-order valence-corrected chi connectivity index (χ2v) is 6.85. The molecule has 0 saturated heterocycles. The molecule has 0 fully saturated rings. The Morgan fingerprint density at radius 3 is 2.74 bits per heavy atom. The van der Waals surface area contributed by atoms with Crippen LogP contribution in [-0.2, 0) is 16.0 Å². The van der Waals surface area contributed by atoms with Gasteiger partial charge >= 0.3 is 0 Å². The molecule has 6 nitrogen and oxygen atoms in total. The minimum Gasteiger partial charge on any atom is -0.354 e. The smallest absolute Gasteiger partial charge is 0.244 e. The summed E-state index contributed by atoms with van der Waals surface area (Å²) in [6.07, 6.45) is 4.95. The van der Waals surface area contributed by atoms with Crippen molar-refractivity contribution in [2.24, 2.45) is 0 Å². The van der Waals surface area contributed by atoms with Crippen LogP contribution < -0.4 is 10.6 Å². The minimum absolute atomic E-state index is 0.157. The van der Waals surface area contributed by atoms with E-state index in [1.54, 1.807) is 22.6 Å². The van der Waals surface area contributed by atoms with Crippen molar-refractivity contribution >= 4 is 45.8 Å². The molecule has 0 aliphatic carbocycles. The molecular formula is C18H16ClFN4O2S. The lowest BCUT2D eigenvalue weighted by Gasteiger charge is -2.06. The van der Waals surface area contributed by atoms with Gasteiger partial charge in [0.05, 0.1) is 12.1 Å². The van der Waals surface area contributed by atoms with E-state index in [0.717, 1.165) is 10.5 Å². The predicted molar refractivity (Wildman–Crippen MR) is 103 cm³/mol. The first-order chi connectivity index (χ1) is 13.0. The third-order valence-corrected chi connectivity index (χ3v) is 4.71. The van der Waals surface area contributed by atoms with Crippen LogP contribution in [0.1, 0.15) is 11.3 Å². The maximum Gasteiger partial charge on any atom is 0.244 e. The van der Waals surface area contributed by atoms with Crippen molar-refractivity contribution in [1.29, 1.82) is 0 Å². The highest BCUT2D eigenvalue weighted by Crippen LogP contribution is 2.22. The number of aromatic nitrogens is 2. The fraction of sp³-hybridized carbons (Fsp3) is 0.167. The number of nitrogens with zero attached hydrogens (tertiary/aromatic N) is 2. The van der Waals surface area contributed by atoms with Crippen LogP contribution in [0, 0.1) is 5.82 Å². The Bertz CT molecular complexity index is 981. The van der Waals surface area contributed by atoms with Crippen LogP contribution in [0.4, 0.5) is 4.39 Å². The molecule has 27 heavy (non-hydrogen) atoms. The summed E-state index contributed by atoms with van der Waals surface area (Å²) in [6.45, 7) is 0.578. The van der Waals surface area contributed by atoms with Crippen molar-refractivity contribution in [2.45, 2.75) is 6.42 Å². The van der Waals surface area contributed by atoms with E-state index in [1.165, 1.54) is 29.5 Å². The lowest BCUT2D eigenvalue weighted by molar-refractivity contribution is -0.121. The van der Waals surface area contributed by atoms with Gasteiger partial charge in [0, 0.05) is 30.7 Å². The van der Waals surface area contributed by atoms with E-state index in [1.807, 2.05) is 11.6 Å². The number of thiazole rings is 1. The molecule has 9 heteroatoms. The van der Waals surface area contributed by atoms with Crippen LogP contribution in [0.15, 0.2) is 41.9 Å². The zero-order chi connectivity index (χ0) is 19.2. The van der Waals surface area contributed by atoms with Gasteiger partial charge in [0.1, 0.15) is 5.82 Å². The van der Waals surface area contributed by atoms with Gasteiger partial charge in [0.2, 0.25) is 11.8 Å². The number of carbonyl (C=O) groups is 2. The third-order valence-electron chi connectivity index (χ3n) is 3.67. The molecule has 0 aliphatic rings. The Kier molecular flexibility index (Phi) is 6.20. The molecule has 0 saturated carbocycles. The van der Waals surface area contributed by atoms with Crippen molar-refractivity contribution < 1.29 is 14.0 Å². The second-order valence-electron chi connectivity index (χ2n) is 5.62. The summed E-state index contributed by atoms with van der Waals surface area (Å²) < 4.78 is 14.6. The van der Waals surface area contributed by atoms with E-state index in [0.29, 0.717) is 17.4 Å². The van der Waals surface area contributed by atoms with E-state index in [-0.39, 0.29) is 30.6 Å². The number of nitrogens with one attached hydrogen (secondary N) is 2. The van der Waals surface area contributed by atoms with Crippen LogP contribution in [0.3, 0.4) is 0 Å². The largest absolute Gasteiger partial charge is 0.354 e. The topological polar surface area (TPSA) is 75.5 Å². The quantitative estimate of drug-likeness (QED) is 0.468. The average molecular weight is 407 g/mol. The van der Waals surface area contributed by atoms with Crippen LogP contribution in [0.5, 0.6) is 0 Å². The molecule has 0 radical (unpaired) electrons. The van der Waals surface area contributed by atoms with Crippen LogP contribution >= 0.6 is 22.9 Å². The standard InChI is InChI=1S/C18H16ClFN4O2S/c19-17-14(24-9-10-27-18(24)23-17)5-6-15(25)21-7-8-22-16(26)11-12-1-3-13(20)4-2-12/h1-6,9-10H,7-8,11H2,(H,21,25)(H,22,26)/b6-5+. The maximum absolute atomic E-state index is 12.8. The van der Waals surface area contributed by atoms with Gasteiger partial charge in [0.25, 0.3) is 0 Å². The number of halogens is 2. The summed E-state index contributed by atoms with van der Waals surface area (Å²) in [5.74, 6) is -0.840. The lowest BCUT2D eigenvalue weighted by atomic mass is 10.1. The number of hydrogen-bond donors (Lipinski definition) is 2. The number of carbonyl (C=O) groups excluding carboxylic acids is 2. The number of fused-ring (bicyclic) bond motifs is 1. The molecule has 140 valence electrons. The van der Waals surface area contributed by atoms with Crippen LogP contribution in [0.25, 0.3) is 11.0 Å². The molecule has 1 aromatic carbocycles. The summed E-state index contributed by atoms with van der Waals surface area (Å²) in [7, 11) is 0. The van der Waals surface area contributed by atoms with Crippen molar-refractivity contribution in [3.8, 4) is 0 Å². The van der Waals surface area contributed by atoms with Gasteiger partial charge in [0.15, 0.2) is 10.1 Å². The van der Waals surface area contributed by atoms with E-state index in [2.05, 4.69) is 15.6 Å². The van der Waals surface area contributed by atoms with Gasteiger partial charge in [-0.2, -0.15) is 0 Å².